The predicted octanol–water partition coefficient (Wildman–Crippen LogP) is 2.44. The van der Waals surface area contributed by atoms with Gasteiger partial charge in [-0.05, 0) is 28.6 Å². The van der Waals surface area contributed by atoms with Crippen molar-refractivity contribution >= 4 is 29.0 Å². The average Bonchev–Trinajstić information content (AvgIpc) is 3.11. The monoisotopic (exact) mass is 374 g/mol. The fraction of sp³-hybridized carbons (Fsp3) is 0.0667. The molecule has 26 heavy (non-hydrogen) atoms. The van der Waals surface area contributed by atoms with Crippen LogP contribution in [0, 0.1) is 15.9 Å². The number of carbonyl (C=O) groups is 1. The van der Waals surface area contributed by atoms with E-state index in [9.17, 15) is 19.3 Å². The van der Waals surface area contributed by atoms with Crippen LogP contribution in [0.15, 0.2) is 53.7 Å². The molecule has 1 aromatic heterocycles. The summed E-state index contributed by atoms with van der Waals surface area (Å²) in [7, 11) is 0. The lowest BCUT2D eigenvalue weighted by Gasteiger charge is -2.06. The van der Waals surface area contributed by atoms with Gasteiger partial charge in [-0.2, -0.15) is 4.68 Å². The number of anilines is 1. The largest absolute Gasteiger partial charge is 0.323 e. The number of para-hydroxylation sites is 1. The first-order valence-electron chi connectivity index (χ1n) is 7.25. The van der Waals surface area contributed by atoms with Gasteiger partial charge in [0.25, 0.3) is 5.69 Å². The second-order valence-electron chi connectivity index (χ2n) is 4.97. The molecule has 1 amide bonds. The minimum atomic E-state index is -0.761. The quantitative estimate of drug-likeness (QED) is 0.400. The van der Waals surface area contributed by atoms with Gasteiger partial charge in [0.05, 0.1) is 22.1 Å². The third-order valence-electron chi connectivity index (χ3n) is 3.21. The van der Waals surface area contributed by atoms with Crippen LogP contribution in [0.4, 0.5) is 15.8 Å². The van der Waals surface area contributed by atoms with Gasteiger partial charge >= 0.3 is 0 Å². The van der Waals surface area contributed by atoms with E-state index in [1.54, 1.807) is 12.1 Å². The molecule has 132 valence electrons. The summed E-state index contributed by atoms with van der Waals surface area (Å²) in [6, 6.07) is 12.0. The summed E-state index contributed by atoms with van der Waals surface area (Å²) >= 11 is 1.05. The molecule has 11 heteroatoms. The highest BCUT2D eigenvalue weighted by molar-refractivity contribution is 7.99. The highest BCUT2D eigenvalue weighted by Crippen LogP contribution is 2.22. The maximum absolute atomic E-state index is 13.7. The molecule has 0 spiro atoms. The van der Waals surface area contributed by atoms with E-state index in [0.29, 0.717) is 5.16 Å². The molecule has 0 aliphatic carbocycles. The van der Waals surface area contributed by atoms with Crippen molar-refractivity contribution in [1.29, 1.82) is 0 Å². The number of carbonyl (C=O) groups excluding carboxylic acids is 1. The minimum absolute atomic E-state index is 0.102. The second-order valence-corrected chi connectivity index (χ2v) is 5.91. The number of aromatic nitrogens is 4. The van der Waals surface area contributed by atoms with Gasteiger partial charge in [0.15, 0.2) is 0 Å². The van der Waals surface area contributed by atoms with Gasteiger partial charge in [-0.1, -0.05) is 30.0 Å². The lowest BCUT2D eigenvalue weighted by molar-refractivity contribution is -0.384. The second kappa shape index (κ2) is 7.70. The van der Waals surface area contributed by atoms with Gasteiger partial charge in [-0.25, -0.2) is 4.39 Å². The van der Waals surface area contributed by atoms with Crippen molar-refractivity contribution < 1.29 is 14.1 Å². The minimum Gasteiger partial charge on any atom is -0.323 e. The van der Waals surface area contributed by atoms with Crippen molar-refractivity contribution in [3.8, 4) is 5.69 Å². The molecule has 0 bridgehead atoms. The van der Waals surface area contributed by atoms with Crippen molar-refractivity contribution in [2.45, 2.75) is 5.16 Å². The Kier molecular flexibility index (Phi) is 5.17. The molecule has 3 aromatic rings. The number of tetrazole rings is 1. The number of nitrogens with zero attached hydrogens (tertiary/aromatic N) is 5. The number of nitro benzene ring substituents is 1. The van der Waals surface area contributed by atoms with Crippen LogP contribution in [0.5, 0.6) is 0 Å². The standard InChI is InChI=1S/C15H11FN6O3S/c16-12-7-6-11(22(24)25)8-13(12)17-14(23)9-26-15-18-19-20-21(15)10-4-2-1-3-5-10/h1-8H,9H2,(H,17,23). The number of nitrogens with one attached hydrogen (secondary N) is 1. The van der Waals surface area contributed by atoms with Crippen molar-refractivity contribution in [3.63, 3.8) is 0 Å². The van der Waals surface area contributed by atoms with Crippen molar-refractivity contribution in [3.05, 3.63) is 64.5 Å². The maximum atomic E-state index is 13.7. The number of nitro groups is 1. The van der Waals surface area contributed by atoms with E-state index in [1.165, 1.54) is 4.68 Å². The molecule has 0 fully saturated rings. The zero-order chi connectivity index (χ0) is 18.5. The molecule has 0 aliphatic heterocycles. The summed E-state index contributed by atoms with van der Waals surface area (Å²) in [5, 5.41) is 24.7. The van der Waals surface area contributed by atoms with Crippen LogP contribution in [0.25, 0.3) is 5.69 Å². The molecule has 0 unspecified atom stereocenters. The Morgan fingerprint density at radius 3 is 2.77 bits per heavy atom. The van der Waals surface area contributed by atoms with E-state index in [1.807, 2.05) is 18.2 Å². The summed E-state index contributed by atoms with van der Waals surface area (Å²) in [6.07, 6.45) is 0. The van der Waals surface area contributed by atoms with Crippen LogP contribution < -0.4 is 5.32 Å². The number of amides is 1. The summed E-state index contributed by atoms with van der Waals surface area (Å²) < 4.78 is 15.2. The molecule has 1 N–H and O–H groups in total. The average molecular weight is 374 g/mol. The molecule has 1 heterocycles. The molecular formula is C15H11FN6O3S. The Balaban J connectivity index is 1.67. The molecule has 2 aromatic carbocycles. The first-order chi connectivity index (χ1) is 12.5. The Labute approximate surface area is 150 Å². The summed E-state index contributed by atoms with van der Waals surface area (Å²) in [6.45, 7) is 0. The van der Waals surface area contributed by atoms with Crippen molar-refractivity contribution in [1.82, 2.24) is 20.2 Å². The third-order valence-corrected chi connectivity index (χ3v) is 4.13. The zero-order valence-corrected chi connectivity index (χ0v) is 13.9. The van der Waals surface area contributed by atoms with E-state index >= 15 is 0 Å². The molecular weight excluding hydrogens is 363 g/mol. The Bertz CT molecular complexity index is 950. The highest BCUT2D eigenvalue weighted by Gasteiger charge is 2.15. The SMILES string of the molecule is O=C(CSc1nnnn1-c1ccccc1)Nc1cc([N+](=O)[O-])ccc1F. The lowest BCUT2D eigenvalue weighted by atomic mass is 10.2. The topological polar surface area (TPSA) is 116 Å². The molecule has 0 aliphatic rings. The molecule has 0 saturated heterocycles. The fourth-order valence-corrected chi connectivity index (χ4v) is 2.73. The first kappa shape index (κ1) is 17.5. The number of hydrogen-bond donors (Lipinski definition) is 1. The molecule has 0 saturated carbocycles. The molecule has 9 nitrogen and oxygen atoms in total. The predicted molar refractivity (Wildman–Crippen MR) is 91.6 cm³/mol. The number of non-ortho nitro benzene ring substituents is 1. The van der Waals surface area contributed by atoms with Gasteiger partial charge in [0.1, 0.15) is 5.82 Å². The summed E-state index contributed by atoms with van der Waals surface area (Å²) in [4.78, 5) is 22.1. The highest BCUT2D eigenvalue weighted by atomic mass is 32.2. The van der Waals surface area contributed by atoms with Crippen LogP contribution in [-0.2, 0) is 4.79 Å². The third kappa shape index (κ3) is 4.00. The van der Waals surface area contributed by atoms with Crippen LogP contribution in [0.2, 0.25) is 0 Å². The Hall–Kier alpha value is -3.34. The lowest BCUT2D eigenvalue weighted by Crippen LogP contribution is -2.15. The smallest absolute Gasteiger partial charge is 0.271 e. The van der Waals surface area contributed by atoms with Gasteiger partial charge in [-0.3, -0.25) is 14.9 Å². The summed E-state index contributed by atoms with van der Waals surface area (Å²) in [5.74, 6) is -1.41. The van der Waals surface area contributed by atoms with E-state index in [4.69, 9.17) is 0 Å². The number of hydrogen-bond acceptors (Lipinski definition) is 7. The van der Waals surface area contributed by atoms with Crippen molar-refractivity contribution in [2.75, 3.05) is 11.1 Å². The van der Waals surface area contributed by atoms with Gasteiger partial charge in [0.2, 0.25) is 11.1 Å². The number of benzene rings is 2. The van der Waals surface area contributed by atoms with Gasteiger partial charge in [0, 0.05) is 12.1 Å². The molecule has 3 rings (SSSR count). The molecule has 0 atom stereocenters. The normalized spacial score (nSPS) is 10.5. The fourth-order valence-electron chi connectivity index (χ4n) is 2.04. The van der Waals surface area contributed by atoms with E-state index in [-0.39, 0.29) is 17.1 Å². The van der Waals surface area contributed by atoms with E-state index in [0.717, 1.165) is 35.6 Å². The van der Waals surface area contributed by atoms with E-state index < -0.39 is 16.6 Å². The van der Waals surface area contributed by atoms with E-state index in [2.05, 4.69) is 20.8 Å². The van der Waals surface area contributed by atoms with Crippen LogP contribution in [0.1, 0.15) is 0 Å². The number of rotatable bonds is 6. The maximum Gasteiger partial charge on any atom is 0.271 e. The zero-order valence-electron chi connectivity index (χ0n) is 13.1. The van der Waals surface area contributed by atoms with Gasteiger partial charge in [-0.15, -0.1) is 5.10 Å². The Morgan fingerprint density at radius 2 is 2.04 bits per heavy atom. The Morgan fingerprint density at radius 1 is 1.27 bits per heavy atom. The first-order valence-corrected chi connectivity index (χ1v) is 8.23. The summed E-state index contributed by atoms with van der Waals surface area (Å²) in [5.41, 5.74) is 0.153. The molecule has 0 radical (unpaired) electrons. The number of thioether (sulfide) groups is 1. The van der Waals surface area contributed by atoms with Crippen LogP contribution in [-0.4, -0.2) is 36.8 Å². The van der Waals surface area contributed by atoms with Crippen LogP contribution >= 0.6 is 11.8 Å². The van der Waals surface area contributed by atoms with Crippen molar-refractivity contribution in [2.24, 2.45) is 0 Å². The van der Waals surface area contributed by atoms with Crippen LogP contribution in [0.3, 0.4) is 0 Å². The number of halogens is 1. The van der Waals surface area contributed by atoms with Gasteiger partial charge < -0.3 is 5.32 Å².